The number of hydrogen-bond acceptors (Lipinski definition) is 5. The van der Waals surface area contributed by atoms with E-state index in [-0.39, 0.29) is 6.10 Å². The van der Waals surface area contributed by atoms with Gasteiger partial charge in [0.1, 0.15) is 11.9 Å². The molecule has 1 saturated heterocycles. The van der Waals surface area contributed by atoms with E-state index < -0.39 is 0 Å². The zero-order valence-corrected chi connectivity index (χ0v) is 12.8. The predicted octanol–water partition coefficient (Wildman–Crippen LogP) is 2.94. The van der Waals surface area contributed by atoms with Gasteiger partial charge >= 0.3 is 0 Å². The number of thioether (sulfide) groups is 1. The number of rotatable bonds is 4. The number of methoxy groups -OCH3 is 1. The van der Waals surface area contributed by atoms with E-state index in [1.54, 1.807) is 13.3 Å². The Bertz CT molecular complexity index is 609. The Morgan fingerprint density at radius 2 is 2.10 bits per heavy atom. The fourth-order valence-corrected chi connectivity index (χ4v) is 3.50. The van der Waals surface area contributed by atoms with Crippen LogP contribution in [-0.2, 0) is 0 Å². The SMILES string of the molecule is COc1cc(-c2cn[nH]c2N)ccc1OC1CCSCC1. The van der Waals surface area contributed by atoms with E-state index in [0.29, 0.717) is 5.82 Å². The number of ether oxygens (including phenoxy) is 2. The maximum atomic E-state index is 6.09. The molecule has 1 aromatic heterocycles. The molecule has 6 heteroatoms. The quantitative estimate of drug-likeness (QED) is 0.908. The standard InChI is InChI=1S/C15H19N3O2S/c1-19-14-8-10(12-9-17-18-15(12)16)2-3-13(14)20-11-4-6-21-7-5-11/h2-3,8-9,11H,4-7H2,1H3,(H3,16,17,18). The number of nitrogen functional groups attached to an aromatic ring is 1. The average Bonchev–Trinajstić information content (AvgIpc) is 2.95. The van der Waals surface area contributed by atoms with E-state index >= 15 is 0 Å². The smallest absolute Gasteiger partial charge is 0.161 e. The number of aromatic nitrogens is 2. The Kier molecular flexibility index (Phi) is 4.24. The lowest BCUT2D eigenvalue weighted by Gasteiger charge is -2.24. The lowest BCUT2D eigenvalue weighted by Crippen LogP contribution is -2.22. The molecule has 112 valence electrons. The maximum absolute atomic E-state index is 6.09. The van der Waals surface area contributed by atoms with E-state index in [1.807, 2.05) is 30.0 Å². The van der Waals surface area contributed by atoms with Crippen molar-refractivity contribution >= 4 is 17.6 Å². The second kappa shape index (κ2) is 6.30. The Labute approximate surface area is 128 Å². The predicted molar refractivity (Wildman–Crippen MR) is 86.0 cm³/mol. The van der Waals surface area contributed by atoms with Crippen molar-refractivity contribution in [3.8, 4) is 22.6 Å². The molecule has 3 rings (SSSR count). The van der Waals surface area contributed by atoms with E-state index in [0.717, 1.165) is 47.0 Å². The van der Waals surface area contributed by atoms with E-state index in [9.17, 15) is 0 Å². The van der Waals surface area contributed by atoms with Crippen LogP contribution in [0.25, 0.3) is 11.1 Å². The molecule has 0 amide bonds. The van der Waals surface area contributed by atoms with Gasteiger partial charge in [0.2, 0.25) is 0 Å². The fraction of sp³-hybridized carbons (Fsp3) is 0.400. The van der Waals surface area contributed by atoms with Gasteiger partial charge in [-0.25, -0.2) is 0 Å². The Morgan fingerprint density at radius 1 is 1.29 bits per heavy atom. The van der Waals surface area contributed by atoms with Gasteiger partial charge in [-0.3, -0.25) is 5.10 Å². The van der Waals surface area contributed by atoms with Crippen molar-refractivity contribution in [3.05, 3.63) is 24.4 Å². The number of hydrogen-bond donors (Lipinski definition) is 2. The molecular weight excluding hydrogens is 286 g/mol. The van der Waals surface area contributed by atoms with Crippen LogP contribution in [0.4, 0.5) is 5.82 Å². The molecule has 0 unspecified atom stereocenters. The van der Waals surface area contributed by atoms with Crippen LogP contribution in [0.2, 0.25) is 0 Å². The molecule has 0 aliphatic carbocycles. The molecular formula is C15H19N3O2S. The normalized spacial score (nSPS) is 15.9. The third kappa shape index (κ3) is 3.10. The highest BCUT2D eigenvalue weighted by atomic mass is 32.2. The number of aromatic amines is 1. The molecule has 2 heterocycles. The van der Waals surface area contributed by atoms with Crippen molar-refractivity contribution in [2.45, 2.75) is 18.9 Å². The molecule has 5 nitrogen and oxygen atoms in total. The molecule has 0 saturated carbocycles. The minimum atomic E-state index is 0.282. The highest BCUT2D eigenvalue weighted by Crippen LogP contribution is 2.35. The van der Waals surface area contributed by atoms with Crippen LogP contribution in [0, 0.1) is 0 Å². The minimum Gasteiger partial charge on any atom is -0.493 e. The Hall–Kier alpha value is -1.82. The second-order valence-electron chi connectivity index (χ2n) is 4.99. The fourth-order valence-electron chi connectivity index (χ4n) is 2.43. The third-order valence-electron chi connectivity index (χ3n) is 3.61. The highest BCUT2D eigenvalue weighted by molar-refractivity contribution is 7.99. The minimum absolute atomic E-state index is 0.282. The number of benzene rings is 1. The van der Waals surface area contributed by atoms with Crippen molar-refractivity contribution in [3.63, 3.8) is 0 Å². The summed E-state index contributed by atoms with van der Waals surface area (Å²) in [7, 11) is 1.65. The summed E-state index contributed by atoms with van der Waals surface area (Å²) >= 11 is 1.99. The number of anilines is 1. The Morgan fingerprint density at radius 3 is 2.76 bits per heavy atom. The van der Waals surface area contributed by atoms with Gasteiger partial charge in [0.15, 0.2) is 11.5 Å². The monoisotopic (exact) mass is 305 g/mol. The summed E-state index contributed by atoms with van der Waals surface area (Å²) in [6.45, 7) is 0. The third-order valence-corrected chi connectivity index (χ3v) is 4.65. The van der Waals surface area contributed by atoms with Gasteiger partial charge in [-0.05, 0) is 42.0 Å². The van der Waals surface area contributed by atoms with Crippen molar-refractivity contribution in [2.75, 3.05) is 24.3 Å². The lowest BCUT2D eigenvalue weighted by molar-refractivity contribution is 0.184. The first kappa shape index (κ1) is 14.1. The topological polar surface area (TPSA) is 73.2 Å². The molecule has 1 fully saturated rings. The van der Waals surface area contributed by atoms with Crippen LogP contribution in [0.3, 0.4) is 0 Å². The number of nitrogens with two attached hydrogens (primary N) is 1. The molecule has 0 spiro atoms. The number of nitrogens with one attached hydrogen (secondary N) is 1. The number of H-pyrrole nitrogens is 1. The summed E-state index contributed by atoms with van der Waals surface area (Å²) in [5.74, 6) is 4.40. The van der Waals surface area contributed by atoms with Crippen molar-refractivity contribution in [2.24, 2.45) is 0 Å². The van der Waals surface area contributed by atoms with Crippen LogP contribution in [-0.4, -0.2) is 34.9 Å². The van der Waals surface area contributed by atoms with Gasteiger partial charge < -0.3 is 15.2 Å². The van der Waals surface area contributed by atoms with Gasteiger partial charge in [-0.15, -0.1) is 0 Å². The molecule has 1 aliphatic heterocycles. The molecule has 1 aromatic carbocycles. The summed E-state index contributed by atoms with van der Waals surface area (Å²) in [5.41, 5.74) is 7.69. The second-order valence-corrected chi connectivity index (χ2v) is 6.22. The average molecular weight is 305 g/mol. The zero-order chi connectivity index (χ0) is 14.7. The molecule has 0 radical (unpaired) electrons. The van der Waals surface area contributed by atoms with Crippen LogP contribution in [0.15, 0.2) is 24.4 Å². The van der Waals surface area contributed by atoms with E-state index in [1.165, 1.54) is 0 Å². The molecule has 3 N–H and O–H groups in total. The molecule has 21 heavy (non-hydrogen) atoms. The summed E-state index contributed by atoms with van der Waals surface area (Å²) in [5, 5.41) is 6.68. The van der Waals surface area contributed by atoms with Crippen molar-refractivity contribution in [1.82, 2.24) is 10.2 Å². The Balaban J connectivity index is 1.83. The van der Waals surface area contributed by atoms with Gasteiger partial charge in [0.25, 0.3) is 0 Å². The molecule has 1 aliphatic rings. The summed E-state index contributed by atoms with van der Waals surface area (Å²) in [4.78, 5) is 0. The van der Waals surface area contributed by atoms with Crippen molar-refractivity contribution < 1.29 is 9.47 Å². The van der Waals surface area contributed by atoms with Crippen LogP contribution in [0.5, 0.6) is 11.5 Å². The van der Waals surface area contributed by atoms with Gasteiger partial charge in [-0.1, -0.05) is 6.07 Å². The first-order chi connectivity index (χ1) is 10.3. The summed E-state index contributed by atoms with van der Waals surface area (Å²) in [6.07, 6.45) is 4.17. The summed E-state index contributed by atoms with van der Waals surface area (Å²) in [6, 6.07) is 5.87. The largest absolute Gasteiger partial charge is 0.493 e. The molecule has 0 atom stereocenters. The highest BCUT2D eigenvalue weighted by Gasteiger charge is 2.18. The van der Waals surface area contributed by atoms with Gasteiger partial charge in [0, 0.05) is 5.56 Å². The van der Waals surface area contributed by atoms with Crippen molar-refractivity contribution in [1.29, 1.82) is 0 Å². The van der Waals surface area contributed by atoms with Crippen LogP contribution < -0.4 is 15.2 Å². The van der Waals surface area contributed by atoms with Crippen LogP contribution in [0.1, 0.15) is 12.8 Å². The first-order valence-corrected chi connectivity index (χ1v) is 8.15. The van der Waals surface area contributed by atoms with E-state index in [4.69, 9.17) is 15.2 Å². The first-order valence-electron chi connectivity index (χ1n) is 6.99. The zero-order valence-electron chi connectivity index (χ0n) is 12.0. The van der Waals surface area contributed by atoms with Gasteiger partial charge in [-0.2, -0.15) is 16.9 Å². The maximum Gasteiger partial charge on any atom is 0.161 e. The summed E-state index contributed by atoms with van der Waals surface area (Å²) < 4.78 is 11.6. The van der Waals surface area contributed by atoms with E-state index in [2.05, 4.69) is 10.2 Å². The van der Waals surface area contributed by atoms with Crippen LogP contribution >= 0.6 is 11.8 Å². The number of nitrogens with zero attached hydrogens (tertiary/aromatic N) is 1. The lowest BCUT2D eigenvalue weighted by atomic mass is 10.1. The molecule has 0 bridgehead atoms. The molecule has 2 aromatic rings. The van der Waals surface area contributed by atoms with Gasteiger partial charge in [0.05, 0.1) is 13.3 Å².